The highest BCUT2D eigenvalue weighted by molar-refractivity contribution is 5.81. The zero-order valence-corrected chi connectivity index (χ0v) is 8.06. The van der Waals surface area contributed by atoms with E-state index in [0.29, 0.717) is 6.54 Å². The highest BCUT2D eigenvalue weighted by atomic mass is 16.3. The van der Waals surface area contributed by atoms with Crippen molar-refractivity contribution in [2.24, 2.45) is 5.73 Å². The molecule has 6 heteroatoms. The fraction of sp³-hybridized carbons (Fsp3) is 0.750. The SMILES string of the molecule is CCNC(=O)C(O)C(O)CCC(N)=O. The molecule has 6 nitrogen and oxygen atoms in total. The predicted octanol–water partition coefficient (Wildman–Crippen LogP) is -1.89. The Kier molecular flexibility index (Phi) is 5.82. The van der Waals surface area contributed by atoms with Crippen LogP contribution in [-0.4, -0.2) is 40.8 Å². The van der Waals surface area contributed by atoms with E-state index >= 15 is 0 Å². The maximum absolute atomic E-state index is 11.0. The summed E-state index contributed by atoms with van der Waals surface area (Å²) in [6, 6.07) is 0. The summed E-state index contributed by atoms with van der Waals surface area (Å²) in [7, 11) is 0. The lowest BCUT2D eigenvalue weighted by molar-refractivity contribution is -0.136. The third-order valence-electron chi connectivity index (χ3n) is 1.67. The molecule has 2 atom stereocenters. The van der Waals surface area contributed by atoms with Gasteiger partial charge in [-0.15, -0.1) is 0 Å². The molecule has 0 aromatic rings. The number of nitrogens with two attached hydrogens (primary N) is 1. The van der Waals surface area contributed by atoms with E-state index in [2.05, 4.69) is 5.32 Å². The van der Waals surface area contributed by atoms with Gasteiger partial charge in [-0.1, -0.05) is 0 Å². The molecule has 0 saturated heterocycles. The monoisotopic (exact) mass is 204 g/mol. The van der Waals surface area contributed by atoms with Crippen LogP contribution < -0.4 is 11.1 Å². The van der Waals surface area contributed by atoms with Crippen LogP contribution in [0, 0.1) is 0 Å². The van der Waals surface area contributed by atoms with Crippen molar-refractivity contribution < 1.29 is 19.8 Å². The Balaban J connectivity index is 3.91. The predicted molar refractivity (Wildman–Crippen MR) is 49.1 cm³/mol. The van der Waals surface area contributed by atoms with Crippen molar-refractivity contribution in [2.75, 3.05) is 6.54 Å². The second-order valence-electron chi connectivity index (χ2n) is 2.91. The topological polar surface area (TPSA) is 113 Å². The van der Waals surface area contributed by atoms with Gasteiger partial charge in [0.15, 0.2) is 6.10 Å². The number of aliphatic hydroxyl groups excluding tert-OH is 2. The number of primary amides is 1. The first kappa shape index (κ1) is 12.9. The first-order valence-electron chi connectivity index (χ1n) is 4.41. The maximum Gasteiger partial charge on any atom is 0.251 e. The molecule has 0 rings (SSSR count). The van der Waals surface area contributed by atoms with Gasteiger partial charge in [0.05, 0.1) is 6.10 Å². The summed E-state index contributed by atoms with van der Waals surface area (Å²) >= 11 is 0. The van der Waals surface area contributed by atoms with Gasteiger partial charge in [0, 0.05) is 13.0 Å². The maximum atomic E-state index is 11.0. The molecule has 2 unspecified atom stereocenters. The van der Waals surface area contributed by atoms with Crippen molar-refractivity contribution >= 4 is 11.8 Å². The van der Waals surface area contributed by atoms with Gasteiger partial charge in [-0.05, 0) is 13.3 Å². The number of likely N-dealkylation sites (N-methyl/N-ethyl adjacent to an activating group) is 1. The number of amides is 2. The van der Waals surface area contributed by atoms with Crippen LogP contribution in [0.2, 0.25) is 0 Å². The van der Waals surface area contributed by atoms with Crippen LogP contribution in [0.1, 0.15) is 19.8 Å². The van der Waals surface area contributed by atoms with E-state index in [1.165, 1.54) is 0 Å². The number of rotatable bonds is 6. The Labute approximate surface area is 82.1 Å². The molecule has 0 aliphatic heterocycles. The van der Waals surface area contributed by atoms with Crippen LogP contribution in [0.4, 0.5) is 0 Å². The Morgan fingerprint density at radius 2 is 2.00 bits per heavy atom. The van der Waals surface area contributed by atoms with Crippen molar-refractivity contribution in [2.45, 2.75) is 32.0 Å². The van der Waals surface area contributed by atoms with Crippen molar-refractivity contribution in [3.8, 4) is 0 Å². The molecule has 0 aliphatic carbocycles. The molecule has 0 aliphatic rings. The first-order valence-corrected chi connectivity index (χ1v) is 4.41. The minimum atomic E-state index is -1.51. The van der Waals surface area contributed by atoms with E-state index in [1.807, 2.05) is 0 Å². The van der Waals surface area contributed by atoms with Crippen molar-refractivity contribution in [1.82, 2.24) is 5.32 Å². The van der Waals surface area contributed by atoms with Gasteiger partial charge in [0.25, 0.3) is 5.91 Å². The fourth-order valence-electron chi connectivity index (χ4n) is 0.902. The molecular weight excluding hydrogens is 188 g/mol. The second-order valence-corrected chi connectivity index (χ2v) is 2.91. The van der Waals surface area contributed by atoms with E-state index in [9.17, 15) is 19.8 Å². The van der Waals surface area contributed by atoms with Crippen LogP contribution in [0.15, 0.2) is 0 Å². The number of carbonyl (C=O) groups excluding carboxylic acids is 2. The molecule has 2 amide bonds. The standard InChI is InChI=1S/C8H16N2O4/c1-2-10-8(14)7(13)5(11)3-4-6(9)12/h5,7,11,13H,2-4H2,1H3,(H2,9,12)(H,10,14). The Morgan fingerprint density at radius 3 is 2.43 bits per heavy atom. The van der Waals surface area contributed by atoms with Crippen LogP contribution in [0.25, 0.3) is 0 Å². The Morgan fingerprint density at radius 1 is 1.43 bits per heavy atom. The largest absolute Gasteiger partial charge is 0.390 e. The van der Waals surface area contributed by atoms with Gasteiger partial charge in [0.2, 0.25) is 5.91 Å². The molecule has 0 heterocycles. The highest BCUT2D eigenvalue weighted by Gasteiger charge is 2.23. The lowest BCUT2D eigenvalue weighted by Crippen LogP contribution is -2.42. The Bertz CT molecular complexity index is 208. The molecule has 0 spiro atoms. The molecule has 5 N–H and O–H groups in total. The van der Waals surface area contributed by atoms with Gasteiger partial charge >= 0.3 is 0 Å². The molecule has 0 aromatic heterocycles. The third-order valence-corrected chi connectivity index (χ3v) is 1.67. The average Bonchev–Trinajstić information content (AvgIpc) is 2.13. The Hall–Kier alpha value is -1.14. The van der Waals surface area contributed by atoms with Crippen LogP contribution >= 0.6 is 0 Å². The molecule has 0 bridgehead atoms. The number of carbonyl (C=O) groups is 2. The van der Waals surface area contributed by atoms with E-state index < -0.39 is 24.0 Å². The molecule has 0 fully saturated rings. The van der Waals surface area contributed by atoms with E-state index in [0.717, 1.165) is 0 Å². The van der Waals surface area contributed by atoms with Crippen molar-refractivity contribution in [3.63, 3.8) is 0 Å². The van der Waals surface area contributed by atoms with Crippen LogP contribution in [0.5, 0.6) is 0 Å². The summed E-state index contributed by atoms with van der Waals surface area (Å²) in [4.78, 5) is 21.3. The second kappa shape index (κ2) is 6.33. The molecule has 0 saturated carbocycles. The summed E-state index contributed by atoms with van der Waals surface area (Å²) in [5.41, 5.74) is 4.84. The first-order chi connectivity index (χ1) is 6.49. The minimum absolute atomic E-state index is 0.0202. The fourth-order valence-corrected chi connectivity index (χ4v) is 0.902. The van der Waals surface area contributed by atoms with Gasteiger partial charge in [-0.25, -0.2) is 0 Å². The average molecular weight is 204 g/mol. The summed E-state index contributed by atoms with van der Waals surface area (Å²) in [5.74, 6) is -1.23. The molecule has 82 valence electrons. The molecule has 14 heavy (non-hydrogen) atoms. The third kappa shape index (κ3) is 4.78. The van der Waals surface area contributed by atoms with Gasteiger partial charge in [0.1, 0.15) is 0 Å². The summed E-state index contributed by atoms with van der Waals surface area (Å²) in [6.45, 7) is 2.07. The van der Waals surface area contributed by atoms with Crippen LogP contribution in [-0.2, 0) is 9.59 Å². The summed E-state index contributed by atoms with van der Waals surface area (Å²) in [5, 5.41) is 20.8. The van der Waals surface area contributed by atoms with E-state index in [1.54, 1.807) is 6.92 Å². The minimum Gasteiger partial charge on any atom is -0.390 e. The highest BCUT2D eigenvalue weighted by Crippen LogP contribution is 2.02. The van der Waals surface area contributed by atoms with Gasteiger partial charge in [-0.3, -0.25) is 9.59 Å². The van der Waals surface area contributed by atoms with E-state index in [-0.39, 0.29) is 12.8 Å². The van der Waals surface area contributed by atoms with Gasteiger partial charge in [-0.2, -0.15) is 0 Å². The van der Waals surface area contributed by atoms with Crippen molar-refractivity contribution in [3.05, 3.63) is 0 Å². The number of hydrogen-bond donors (Lipinski definition) is 4. The zero-order chi connectivity index (χ0) is 11.1. The molecular formula is C8H16N2O4. The normalized spacial score (nSPS) is 14.5. The summed E-state index contributed by atoms with van der Waals surface area (Å²) in [6.07, 6.45) is -2.84. The lowest BCUT2D eigenvalue weighted by atomic mass is 10.1. The van der Waals surface area contributed by atoms with Crippen LogP contribution in [0.3, 0.4) is 0 Å². The van der Waals surface area contributed by atoms with E-state index in [4.69, 9.17) is 5.73 Å². The van der Waals surface area contributed by atoms with Crippen molar-refractivity contribution in [1.29, 1.82) is 0 Å². The number of aliphatic hydroxyl groups is 2. The number of nitrogens with one attached hydrogen (secondary N) is 1. The zero-order valence-electron chi connectivity index (χ0n) is 8.06. The molecule has 0 aromatic carbocycles. The number of hydrogen-bond acceptors (Lipinski definition) is 4. The lowest BCUT2D eigenvalue weighted by Gasteiger charge is -2.15. The molecule has 0 radical (unpaired) electrons. The van der Waals surface area contributed by atoms with Gasteiger partial charge < -0.3 is 21.3 Å². The smallest absolute Gasteiger partial charge is 0.251 e. The quantitative estimate of drug-likeness (QED) is 0.405. The summed E-state index contributed by atoms with van der Waals surface area (Å²) < 4.78 is 0.